The Hall–Kier alpha value is -2.30. The molecule has 4 aliphatic rings. The number of amides is 1. The van der Waals surface area contributed by atoms with Crippen LogP contribution in [0.3, 0.4) is 0 Å². The molecule has 1 amide bonds. The SMILES string of the molecule is N#Cc1ccc(N2N=C(N3CCC(C(=O)N4CCC(O)CC4)CC3)C[C@@H]2C2CCCC2)cc1Cl. The second-order valence-electron chi connectivity index (χ2n) is 10.3. The molecule has 5 rings (SSSR count). The lowest BCUT2D eigenvalue weighted by Gasteiger charge is -2.37. The summed E-state index contributed by atoms with van der Waals surface area (Å²) in [5, 5.41) is 26.7. The first kappa shape index (κ1) is 23.4. The summed E-state index contributed by atoms with van der Waals surface area (Å²) in [6.07, 6.45) is 8.78. The minimum atomic E-state index is -0.256. The van der Waals surface area contributed by atoms with Gasteiger partial charge in [-0.25, -0.2) is 0 Å². The first-order chi connectivity index (χ1) is 16.5. The Kier molecular flexibility index (Phi) is 6.99. The van der Waals surface area contributed by atoms with E-state index in [1.807, 2.05) is 17.0 Å². The molecule has 1 atom stereocenters. The number of rotatable bonds is 3. The fourth-order valence-corrected chi connectivity index (χ4v) is 6.35. The Labute approximate surface area is 207 Å². The van der Waals surface area contributed by atoms with Gasteiger partial charge in [-0.1, -0.05) is 24.4 Å². The van der Waals surface area contributed by atoms with Gasteiger partial charge in [-0.15, -0.1) is 0 Å². The largest absolute Gasteiger partial charge is 0.393 e. The fraction of sp³-hybridized carbons (Fsp3) is 0.654. The van der Waals surface area contributed by atoms with Crippen molar-refractivity contribution in [3.8, 4) is 6.07 Å². The summed E-state index contributed by atoms with van der Waals surface area (Å²) in [7, 11) is 0. The fourth-order valence-electron chi connectivity index (χ4n) is 6.13. The number of piperidine rings is 2. The van der Waals surface area contributed by atoms with Gasteiger partial charge >= 0.3 is 0 Å². The van der Waals surface area contributed by atoms with E-state index in [1.165, 1.54) is 25.7 Å². The van der Waals surface area contributed by atoms with E-state index in [9.17, 15) is 15.2 Å². The van der Waals surface area contributed by atoms with Crippen LogP contribution in [0.1, 0.15) is 63.4 Å². The number of nitrogens with zero attached hydrogens (tertiary/aromatic N) is 5. The van der Waals surface area contributed by atoms with Crippen LogP contribution < -0.4 is 5.01 Å². The van der Waals surface area contributed by atoms with E-state index in [-0.39, 0.29) is 17.9 Å². The highest BCUT2D eigenvalue weighted by molar-refractivity contribution is 6.32. The molecule has 3 fully saturated rings. The highest BCUT2D eigenvalue weighted by Crippen LogP contribution is 2.39. The number of halogens is 1. The molecule has 3 heterocycles. The average molecular weight is 484 g/mol. The maximum Gasteiger partial charge on any atom is 0.225 e. The van der Waals surface area contributed by atoms with Crippen LogP contribution in [-0.4, -0.2) is 65.0 Å². The standard InChI is InChI=1S/C26H34ClN5O2/c27-23-15-21(6-5-20(23)17-28)32-24(18-3-1-2-4-18)16-25(29-32)30-11-7-19(8-12-30)26(34)31-13-9-22(33)10-14-31/h5-6,15,18-19,22,24,33H,1-4,7-14,16H2/t24-/m1/s1. The number of likely N-dealkylation sites (tertiary alicyclic amines) is 2. The number of aliphatic hydroxyl groups is 1. The summed E-state index contributed by atoms with van der Waals surface area (Å²) in [5.41, 5.74) is 1.44. The summed E-state index contributed by atoms with van der Waals surface area (Å²) in [6, 6.07) is 8.07. The molecule has 34 heavy (non-hydrogen) atoms. The van der Waals surface area contributed by atoms with Crippen molar-refractivity contribution in [3.63, 3.8) is 0 Å². The Balaban J connectivity index is 1.27. The normalized spacial score (nSPS) is 25.0. The smallest absolute Gasteiger partial charge is 0.225 e. The van der Waals surface area contributed by atoms with Crippen LogP contribution in [0.2, 0.25) is 5.02 Å². The number of hydrazone groups is 1. The molecule has 1 aromatic carbocycles. The van der Waals surface area contributed by atoms with Gasteiger partial charge in [-0.3, -0.25) is 9.80 Å². The van der Waals surface area contributed by atoms with Crippen molar-refractivity contribution >= 4 is 29.0 Å². The predicted molar refractivity (Wildman–Crippen MR) is 133 cm³/mol. The van der Waals surface area contributed by atoms with Crippen molar-refractivity contribution in [2.75, 3.05) is 31.2 Å². The van der Waals surface area contributed by atoms with Crippen molar-refractivity contribution in [2.45, 2.75) is 69.9 Å². The molecule has 1 aromatic rings. The zero-order valence-corrected chi connectivity index (χ0v) is 20.5. The molecule has 1 N–H and O–H groups in total. The van der Waals surface area contributed by atoms with Crippen LogP contribution >= 0.6 is 11.6 Å². The number of aliphatic hydroxyl groups excluding tert-OH is 1. The minimum Gasteiger partial charge on any atom is -0.393 e. The van der Waals surface area contributed by atoms with Crippen molar-refractivity contribution in [3.05, 3.63) is 28.8 Å². The topological polar surface area (TPSA) is 83.2 Å². The van der Waals surface area contributed by atoms with E-state index in [2.05, 4.69) is 16.0 Å². The van der Waals surface area contributed by atoms with E-state index in [0.717, 1.165) is 43.9 Å². The predicted octanol–water partition coefficient (Wildman–Crippen LogP) is 3.99. The van der Waals surface area contributed by atoms with Gasteiger partial charge in [0, 0.05) is 38.5 Å². The number of carbonyl (C=O) groups excluding carboxylic acids is 1. The van der Waals surface area contributed by atoms with Crippen molar-refractivity contribution < 1.29 is 9.90 Å². The number of nitriles is 1. The summed E-state index contributed by atoms with van der Waals surface area (Å²) in [6.45, 7) is 3.06. The van der Waals surface area contributed by atoms with Crippen molar-refractivity contribution in [1.82, 2.24) is 9.80 Å². The first-order valence-electron chi connectivity index (χ1n) is 12.8. The molecule has 0 bridgehead atoms. The van der Waals surface area contributed by atoms with Gasteiger partial charge in [-0.05, 0) is 62.6 Å². The van der Waals surface area contributed by atoms with Crippen LogP contribution in [0.25, 0.3) is 0 Å². The second kappa shape index (κ2) is 10.1. The van der Waals surface area contributed by atoms with Crippen LogP contribution in [0.5, 0.6) is 0 Å². The molecule has 2 saturated heterocycles. The molecular formula is C26H34ClN5O2. The zero-order chi connectivity index (χ0) is 23.7. The number of benzene rings is 1. The van der Waals surface area contributed by atoms with Crippen LogP contribution in [0.4, 0.5) is 5.69 Å². The lowest BCUT2D eigenvalue weighted by Crippen LogP contribution is -2.47. The molecule has 182 valence electrons. The van der Waals surface area contributed by atoms with E-state index in [1.54, 1.807) is 6.07 Å². The number of hydrogen-bond acceptors (Lipinski definition) is 6. The molecule has 0 unspecified atom stereocenters. The molecular weight excluding hydrogens is 450 g/mol. The Morgan fingerprint density at radius 1 is 1.06 bits per heavy atom. The van der Waals surface area contributed by atoms with Crippen LogP contribution in [0, 0.1) is 23.2 Å². The molecule has 1 aliphatic carbocycles. The highest BCUT2D eigenvalue weighted by Gasteiger charge is 2.39. The van der Waals surface area contributed by atoms with E-state index < -0.39 is 0 Å². The molecule has 8 heteroatoms. The molecule has 3 aliphatic heterocycles. The molecule has 0 radical (unpaired) electrons. The Morgan fingerprint density at radius 3 is 2.41 bits per heavy atom. The zero-order valence-electron chi connectivity index (χ0n) is 19.7. The monoisotopic (exact) mass is 483 g/mol. The van der Waals surface area contributed by atoms with Crippen molar-refractivity contribution in [2.24, 2.45) is 16.9 Å². The molecule has 0 spiro atoms. The highest BCUT2D eigenvalue weighted by atomic mass is 35.5. The number of carbonyl (C=O) groups is 1. The third-order valence-electron chi connectivity index (χ3n) is 8.20. The third-order valence-corrected chi connectivity index (χ3v) is 8.51. The van der Waals surface area contributed by atoms with Gasteiger partial charge < -0.3 is 14.9 Å². The van der Waals surface area contributed by atoms with Crippen LogP contribution in [-0.2, 0) is 4.79 Å². The second-order valence-corrected chi connectivity index (χ2v) is 10.7. The molecule has 1 saturated carbocycles. The van der Waals surface area contributed by atoms with Gasteiger partial charge in [0.15, 0.2) is 0 Å². The summed E-state index contributed by atoms with van der Waals surface area (Å²) >= 11 is 6.36. The summed E-state index contributed by atoms with van der Waals surface area (Å²) in [5.74, 6) is 2.07. The maximum atomic E-state index is 13.0. The Morgan fingerprint density at radius 2 is 1.76 bits per heavy atom. The quantitative estimate of drug-likeness (QED) is 0.702. The van der Waals surface area contributed by atoms with Gasteiger partial charge in [-0.2, -0.15) is 10.4 Å². The molecule has 7 nitrogen and oxygen atoms in total. The van der Waals surface area contributed by atoms with Crippen molar-refractivity contribution in [1.29, 1.82) is 5.26 Å². The summed E-state index contributed by atoms with van der Waals surface area (Å²) in [4.78, 5) is 17.3. The maximum absolute atomic E-state index is 13.0. The average Bonchev–Trinajstić information content (AvgIpc) is 3.54. The van der Waals surface area contributed by atoms with E-state index in [0.29, 0.717) is 48.5 Å². The number of anilines is 1. The lowest BCUT2D eigenvalue weighted by molar-refractivity contribution is -0.138. The Bertz CT molecular complexity index is 970. The lowest BCUT2D eigenvalue weighted by atomic mass is 9.92. The molecule has 0 aromatic heterocycles. The summed E-state index contributed by atoms with van der Waals surface area (Å²) < 4.78 is 0. The van der Waals surface area contributed by atoms with Gasteiger partial charge in [0.05, 0.1) is 28.4 Å². The first-order valence-corrected chi connectivity index (χ1v) is 13.2. The van der Waals surface area contributed by atoms with Gasteiger partial charge in [0.25, 0.3) is 0 Å². The van der Waals surface area contributed by atoms with Gasteiger partial charge in [0.1, 0.15) is 11.9 Å². The van der Waals surface area contributed by atoms with Crippen LogP contribution in [0.15, 0.2) is 23.3 Å². The number of hydrogen-bond donors (Lipinski definition) is 1. The van der Waals surface area contributed by atoms with E-state index >= 15 is 0 Å². The van der Waals surface area contributed by atoms with E-state index in [4.69, 9.17) is 16.7 Å². The minimum absolute atomic E-state index is 0.0764. The van der Waals surface area contributed by atoms with Gasteiger partial charge in [0.2, 0.25) is 5.91 Å². The third kappa shape index (κ3) is 4.76. The number of amidine groups is 1.